The molecule has 0 aliphatic heterocycles. The van der Waals surface area contributed by atoms with Crippen molar-refractivity contribution in [3.05, 3.63) is 0 Å². The van der Waals surface area contributed by atoms with Crippen LogP contribution in [0, 0.1) is 5.41 Å². The van der Waals surface area contributed by atoms with E-state index in [-0.39, 0.29) is 0 Å². The molecule has 0 spiro atoms. The SMILES string of the molecule is CSC1(CNC2CCCC2(C)C)CCCC1. The molecule has 0 aromatic rings. The lowest BCUT2D eigenvalue weighted by molar-refractivity contribution is 0.276. The van der Waals surface area contributed by atoms with Crippen LogP contribution in [0.3, 0.4) is 0 Å². The zero-order valence-electron chi connectivity index (χ0n) is 11.1. The zero-order chi connectivity index (χ0) is 11.6. The lowest BCUT2D eigenvalue weighted by Gasteiger charge is -2.33. The summed E-state index contributed by atoms with van der Waals surface area (Å²) >= 11 is 2.10. The smallest absolute Gasteiger partial charge is 0.0281 e. The highest BCUT2D eigenvalue weighted by atomic mass is 32.2. The second-order valence-corrected chi connectivity index (χ2v) is 7.68. The lowest BCUT2D eigenvalue weighted by atomic mass is 9.87. The first-order valence-corrected chi connectivity index (χ1v) is 8.09. The van der Waals surface area contributed by atoms with Gasteiger partial charge in [0.05, 0.1) is 0 Å². The Morgan fingerprint density at radius 2 is 1.81 bits per heavy atom. The van der Waals surface area contributed by atoms with Gasteiger partial charge in [-0.15, -0.1) is 0 Å². The largest absolute Gasteiger partial charge is 0.312 e. The van der Waals surface area contributed by atoms with Gasteiger partial charge in [-0.05, 0) is 37.4 Å². The van der Waals surface area contributed by atoms with E-state index < -0.39 is 0 Å². The molecule has 1 nitrogen and oxygen atoms in total. The number of hydrogen-bond acceptors (Lipinski definition) is 2. The third-order valence-electron chi connectivity index (χ3n) is 4.88. The number of nitrogens with one attached hydrogen (secondary N) is 1. The van der Waals surface area contributed by atoms with Crippen molar-refractivity contribution in [2.45, 2.75) is 69.6 Å². The average molecular weight is 241 g/mol. The van der Waals surface area contributed by atoms with Crippen LogP contribution in [0.15, 0.2) is 0 Å². The van der Waals surface area contributed by atoms with Crippen molar-refractivity contribution in [3.8, 4) is 0 Å². The summed E-state index contributed by atoms with van der Waals surface area (Å²) in [7, 11) is 0. The van der Waals surface area contributed by atoms with Gasteiger partial charge in [0.15, 0.2) is 0 Å². The summed E-state index contributed by atoms with van der Waals surface area (Å²) in [6.45, 7) is 6.10. The molecule has 0 radical (unpaired) electrons. The first-order valence-electron chi connectivity index (χ1n) is 6.87. The Morgan fingerprint density at radius 1 is 1.12 bits per heavy atom. The van der Waals surface area contributed by atoms with E-state index in [1.54, 1.807) is 0 Å². The average Bonchev–Trinajstić information content (AvgIpc) is 2.83. The fraction of sp³-hybridized carbons (Fsp3) is 1.00. The van der Waals surface area contributed by atoms with Crippen LogP contribution in [0.2, 0.25) is 0 Å². The van der Waals surface area contributed by atoms with Gasteiger partial charge in [-0.25, -0.2) is 0 Å². The summed E-state index contributed by atoms with van der Waals surface area (Å²) in [6.07, 6.45) is 12.2. The number of hydrogen-bond donors (Lipinski definition) is 1. The minimum Gasteiger partial charge on any atom is -0.312 e. The van der Waals surface area contributed by atoms with Gasteiger partial charge in [-0.2, -0.15) is 11.8 Å². The normalized spacial score (nSPS) is 32.1. The second kappa shape index (κ2) is 4.89. The highest BCUT2D eigenvalue weighted by molar-refractivity contribution is 8.00. The summed E-state index contributed by atoms with van der Waals surface area (Å²) in [4.78, 5) is 0. The van der Waals surface area contributed by atoms with Crippen LogP contribution in [-0.2, 0) is 0 Å². The van der Waals surface area contributed by atoms with E-state index in [0.717, 1.165) is 6.04 Å². The van der Waals surface area contributed by atoms with Crippen molar-refractivity contribution in [2.75, 3.05) is 12.8 Å². The summed E-state index contributed by atoms with van der Waals surface area (Å²) in [6, 6.07) is 0.761. The molecule has 0 bridgehead atoms. The van der Waals surface area contributed by atoms with E-state index in [1.165, 1.54) is 51.5 Å². The van der Waals surface area contributed by atoms with E-state index in [4.69, 9.17) is 0 Å². The minimum atomic E-state index is 0.526. The van der Waals surface area contributed by atoms with Gasteiger partial charge in [-0.1, -0.05) is 33.1 Å². The molecule has 1 unspecified atom stereocenters. The molecule has 1 N–H and O–H groups in total. The standard InChI is InChI=1S/C14H27NS/c1-13(2)8-6-7-12(13)15-11-14(16-3)9-4-5-10-14/h12,15H,4-11H2,1-3H3. The van der Waals surface area contributed by atoms with Crippen molar-refractivity contribution in [1.29, 1.82) is 0 Å². The monoisotopic (exact) mass is 241 g/mol. The zero-order valence-corrected chi connectivity index (χ0v) is 12.0. The van der Waals surface area contributed by atoms with Crippen LogP contribution in [0.25, 0.3) is 0 Å². The van der Waals surface area contributed by atoms with Crippen molar-refractivity contribution in [3.63, 3.8) is 0 Å². The molecule has 0 saturated heterocycles. The maximum absolute atomic E-state index is 3.88. The van der Waals surface area contributed by atoms with Crippen LogP contribution >= 0.6 is 11.8 Å². The molecule has 2 aliphatic carbocycles. The van der Waals surface area contributed by atoms with Gasteiger partial charge in [-0.3, -0.25) is 0 Å². The predicted octanol–water partition coefficient (Wildman–Crippen LogP) is 3.83. The van der Waals surface area contributed by atoms with Gasteiger partial charge in [0, 0.05) is 17.3 Å². The maximum Gasteiger partial charge on any atom is 0.0281 e. The summed E-state index contributed by atoms with van der Waals surface area (Å²) < 4.78 is 0.568. The molecule has 16 heavy (non-hydrogen) atoms. The fourth-order valence-electron chi connectivity index (χ4n) is 3.49. The third kappa shape index (κ3) is 2.59. The Hall–Kier alpha value is 0.310. The third-order valence-corrected chi connectivity index (χ3v) is 6.29. The van der Waals surface area contributed by atoms with Gasteiger partial charge in [0.1, 0.15) is 0 Å². The van der Waals surface area contributed by atoms with Crippen molar-refractivity contribution in [1.82, 2.24) is 5.32 Å². The van der Waals surface area contributed by atoms with Crippen LogP contribution in [-0.4, -0.2) is 23.6 Å². The first-order chi connectivity index (χ1) is 7.58. The van der Waals surface area contributed by atoms with E-state index in [9.17, 15) is 0 Å². The number of thioether (sulfide) groups is 1. The molecule has 1 atom stereocenters. The van der Waals surface area contributed by atoms with Crippen LogP contribution in [0.4, 0.5) is 0 Å². The highest BCUT2D eigenvalue weighted by Crippen LogP contribution is 2.41. The minimum absolute atomic E-state index is 0.526. The quantitative estimate of drug-likeness (QED) is 0.803. The Balaban J connectivity index is 1.86. The molecule has 0 heterocycles. The van der Waals surface area contributed by atoms with Crippen molar-refractivity contribution < 1.29 is 0 Å². The van der Waals surface area contributed by atoms with Crippen LogP contribution < -0.4 is 5.32 Å². The molecule has 0 amide bonds. The van der Waals surface area contributed by atoms with Crippen LogP contribution in [0.5, 0.6) is 0 Å². The molecule has 2 saturated carbocycles. The molecule has 2 fully saturated rings. The Bertz CT molecular complexity index is 231. The Labute approximate surface area is 105 Å². The summed E-state index contributed by atoms with van der Waals surface area (Å²) in [5.41, 5.74) is 0.526. The van der Waals surface area contributed by atoms with E-state index in [2.05, 4.69) is 37.2 Å². The van der Waals surface area contributed by atoms with Crippen molar-refractivity contribution >= 4 is 11.8 Å². The van der Waals surface area contributed by atoms with Crippen molar-refractivity contribution in [2.24, 2.45) is 5.41 Å². The molecule has 94 valence electrons. The summed E-state index contributed by atoms with van der Waals surface area (Å²) in [5, 5.41) is 3.88. The Kier molecular flexibility index (Phi) is 3.90. The lowest BCUT2D eigenvalue weighted by Crippen LogP contribution is -2.44. The fourth-order valence-corrected chi connectivity index (χ4v) is 4.41. The molecule has 2 rings (SSSR count). The summed E-state index contributed by atoms with van der Waals surface area (Å²) in [5.74, 6) is 0. The second-order valence-electron chi connectivity index (χ2n) is 6.41. The van der Waals surface area contributed by atoms with E-state index in [1.807, 2.05) is 0 Å². The molecular weight excluding hydrogens is 214 g/mol. The molecule has 0 aromatic carbocycles. The van der Waals surface area contributed by atoms with Gasteiger partial charge in [0.2, 0.25) is 0 Å². The molecule has 2 heteroatoms. The Morgan fingerprint density at radius 3 is 2.31 bits per heavy atom. The van der Waals surface area contributed by atoms with Gasteiger partial charge < -0.3 is 5.32 Å². The predicted molar refractivity (Wildman–Crippen MR) is 74.1 cm³/mol. The molecular formula is C14H27NS. The van der Waals surface area contributed by atoms with Crippen LogP contribution in [0.1, 0.15) is 58.8 Å². The highest BCUT2D eigenvalue weighted by Gasteiger charge is 2.38. The molecule has 2 aliphatic rings. The van der Waals surface area contributed by atoms with Gasteiger partial charge >= 0.3 is 0 Å². The first kappa shape index (κ1) is 12.8. The van der Waals surface area contributed by atoms with E-state index >= 15 is 0 Å². The topological polar surface area (TPSA) is 12.0 Å². The molecule has 0 aromatic heterocycles. The van der Waals surface area contributed by atoms with Gasteiger partial charge in [0.25, 0.3) is 0 Å². The van der Waals surface area contributed by atoms with E-state index in [0.29, 0.717) is 10.2 Å². The number of rotatable bonds is 4. The maximum atomic E-state index is 3.88.